The summed E-state index contributed by atoms with van der Waals surface area (Å²) in [5.41, 5.74) is 4.43. The second-order valence-corrected chi connectivity index (χ2v) is 6.29. The Balaban J connectivity index is 1.90. The number of aromatic hydroxyl groups is 1. The van der Waals surface area contributed by atoms with E-state index >= 15 is 0 Å². The van der Waals surface area contributed by atoms with E-state index in [1.165, 1.54) is 19.4 Å². The molecule has 2 aromatic carbocycles. The Labute approximate surface area is 168 Å². The fourth-order valence-corrected chi connectivity index (χ4v) is 2.73. The molecule has 0 saturated heterocycles. The predicted octanol–water partition coefficient (Wildman–Crippen LogP) is 3.10. The van der Waals surface area contributed by atoms with E-state index in [4.69, 9.17) is 9.47 Å². The fraction of sp³-hybridized carbons (Fsp3) is 0.300. The normalized spacial score (nSPS) is 10.7. The second kappa shape index (κ2) is 10.1. The minimum absolute atomic E-state index is 0.0539. The van der Waals surface area contributed by atoms with Gasteiger partial charge in [-0.2, -0.15) is 5.10 Å². The monoisotopic (exact) mass is 401 g/mol. The quantitative estimate of drug-likeness (QED) is 0.378. The lowest BCUT2D eigenvalue weighted by Crippen LogP contribution is -2.17. The summed E-state index contributed by atoms with van der Waals surface area (Å²) in [4.78, 5) is 22.2. The molecule has 2 N–H and O–H groups in total. The lowest BCUT2D eigenvalue weighted by molar-refractivity contribution is -0.386. The van der Waals surface area contributed by atoms with Crippen molar-refractivity contribution in [2.24, 2.45) is 5.10 Å². The number of phenols is 1. The Bertz CT molecular complexity index is 927. The molecule has 9 nitrogen and oxygen atoms in total. The molecule has 0 saturated carbocycles. The molecule has 0 unspecified atom stereocenters. The number of nitrogens with zero attached hydrogens (tertiary/aromatic N) is 2. The molecule has 0 aliphatic heterocycles. The summed E-state index contributed by atoms with van der Waals surface area (Å²) in [5.74, 6) is -0.0913. The first-order valence-corrected chi connectivity index (χ1v) is 8.86. The Hall–Kier alpha value is -3.62. The van der Waals surface area contributed by atoms with Gasteiger partial charge in [-0.05, 0) is 49.1 Å². The molecule has 2 rings (SSSR count). The molecule has 2 aromatic rings. The number of hydrogen-bond donors (Lipinski definition) is 2. The SMILES string of the molecule is COc1ccc(CCCC(=O)N/N=C\c2cc(OC)c(O)c([N+](=O)[O-])c2)c(C)c1. The number of nitrogens with one attached hydrogen (secondary N) is 1. The molecule has 0 aliphatic rings. The standard InChI is InChI=1S/C20H23N3O6/c1-13-9-16(28-2)8-7-15(13)5-4-6-19(24)22-21-12-14-10-17(23(26)27)20(25)18(11-14)29-3/h7-12,25H,4-6H2,1-3H3,(H,22,24)/b21-12-. The zero-order valence-electron chi connectivity index (χ0n) is 16.5. The van der Waals surface area contributed by atoms with E-state index in [0.29, 0.717) is 12.0 Å². The van der Waals surface area contributed by atoms with Crippen LogP contribution < -0.4 is 14.9 Å². The average Bonchev–Trinajstić information content (AvgIpc) is 2.69. The smallest absolute Gasteiger partial charge is 0.315 e. The Kier molecular flexibility index (Phi) is 7.53. The lowest BCUT2D eigenvalue weighted by atomic mass is 10.0. The summed E-state index contributed by atoms with van der Waals surface area (Å²) in [6.07, 6.45) is 2.92. The van der Waals surface area contributed by atoms with Crippen LogP contribution in [0.4, 0.5) is 5.69 Å². The van der Waals surface area contributed by atoms with Gasteiger partial charge < -0.3 is 14.6 Å². The molecule has 0 aromatic heterocycles. The first-order chi connectivity index (χ1) is 13.8. The zero-order chi connectivity index (χ0) is 21.4. The van der Waals surface area contributed by atoms with Crippen LogP contribution in [0.25, 0.3) is 0 Å². The molecule has 0 atom stereocenters. The molecule has 1 amide bonds. The van der Waals surface area contributed by atoms with Crippen molar-refractivity contribution in [3.05, 3.63) is 57.1 Å². The van der Waals surface area contributed by atoms with Crippen molar-refractivity contribution in [3.8, 4) is 17.2 Å². The summed E-state index contributed by atoms with van der Waals surface area (Å²) >= 11 is 0. The number of methoxy groups -OCH3 is 2. The third kappa shape index (κ3) is 5.93. The third-order valence-electron chi connectivity index (χ3n) is 4.30. The van der Waals surface area contributed by atoms with Gasteiger partial charge in [-0.25, -0.2) is 5.43 Å². The van der Waals surface area contributed by atoms with Crippen molar-refractivity contribution in [2.75, 3.05) is 14.2 Å². The molecule has 154 valence electrons. The topological polar surface area (TPSA) is 123 Å². The summed E-state index contributed by atoms with van der Waals surface area (Å²) in [6, 6.07) is 8.34. The van der Waals surface area contributed by atoms with Crippen LogP contribution in [-0.2, 0) is 11.2 Å². The van der Waals surface area contributed by atoms with E-state index in [0.717, 1.165) is 29.4 Å². The van der Waals surface area contributed by atoms with Crippen molar-refractivity contribution in [2.45, 2.75) is 26.2 Å². The van der Waals surface area contributed by atoms with Gasteiger partial charge in [-0.1, -0.05) is 6.07 Å². The largest absolute Gasteiger partial charge is 0.500 e. The number of hydrazone groups is 1. The van der Waals surface area contributed by atoms with Crippen LogP contribution in [0.15, 0.2) is 35.4 Å². The molecule has 9 heteroatoms. The van der Waals surface area contributed by atoms with Crippen LogP contribution in [0, 0.1) is 17.0 Å². The third-order valence-corrected chi connectivity index (χ3v) is 4.30. The van der Waals surface area contributed by atoms with E-state index in [1.807, 2.05) is 25.1 Å². The highest BCUT2D eigenvalue weighted by Crippen LogP contribution is 2.36. The van der Waals surface area contributed by atoms with Gasteiger partial charge in [0.25, 0.3) is 0 Å². The second-order valence-electron chi connectivity index (χ2n) is 6.29. The van der Waals surface area contributed by atoms with Gasteiger partial charge in [-0.15, -0.1) is 0 Å². The van der Waals surface area contributed by atoms with Gasteiger partial charge in [-0.3, -0.25) is 14.9 Å². The fourth-order valence-electron chi connectivity index (χ4n) is 2.73. The summed E-state index contributed by atoms with van der Waals surface area (Å²) in [6.45, 7) is 1.99. The molecule has 0 heterocycles. The van der Waals surface area contributed by atoms with Crippen LogP contribution in [0.2, 0.25) is 0 Å². The van der Waals surface area contributed by atoms with E-state index in [9.17, 15) is 20.0 Å². The summed E-state index contributed by atoms with van der Waals surface area (Å²) in [7, 11) is 2.90. The maximum absolute atomic E-state index is 11.9. The van der Waals surface area contributed by atoms with Gasteiger partial charge in [0.15, 0.2) is 5.75 Å². The van der Waals surface area contributed by atoms with Crippen molar-refractivity contribution >= 4 is 17.8 Å². The number of ether oxygens (including phenoxy) is 2. The first kappa shape index (κ1) is 21.7. The van der Waals surface area contributed by atoms with Crippen LogP contribution in [0.3, 0.4) is 0 Å². The maximum atomic E-state index is 11.9. The van der Waals surface area contributed by atoms with Crippen LogP contribution in [0.5, 0.6) is 17.2 Å². The number of nitro groups is 1. The molecule has 29 heavy (non-hydrogen) atoms. The number of benzene rings is 2. The van der Waals surface area contributed by atoms with Crippen LogP contribution >= 0.6 is 0 Å². The van der Waals surface area contributed by atoms with E-state index in [2.05, 4.69) is 10.5 Å². The lowest BCUT2D eigenvalue weighted by Gasteiger charge is -2.07. The van der Waals surface area contributed by atoms with Crippen molar-refractivity contribution < 1.29 is 24.3 Å². The van der Waals surface area contributed by atoms with Crippen LogP contribution in [0.1, 0.15) is 29.5 Å². The number of carbonyl (C=O) groups excluding carboxylic acids is 1. The van der Waals surface area contributed by atoms with Crippen molar-refractivity contribution in [1.29, 1.82) is 0 Å². The Morgan fingerprint density at radius 1 is 1.28 bits per heavy atom. The van der Waals surface area contributed by atoms with Gasteiger partial charge in [0.05, 0.1) is 25.4 Å². The predicted molar refractivity (Wildman–Crippen MR) is 108 cm³/mol. The summed E-state index contributed by atoms with van der Waals surface area (Å²) < 4.78 is 10.1. The number of aryl methyl sites for hydroxylation is 2. The molecule has 0 bridgehead atoms. The number of carbonyl (C=O) groups is 1. The number of amides is 1. The Morgan fingerprint density at radius 3 is 2.66 bits per heavy atom. The maximum Gasteiger partial charge on any atom is 0.315 e. The van der Waals surface area contributed by atoms with Crippen molar-refractivity contribution in [3.63, 3.8) is 0 Å². The molecule has 0 aliphatic carbocycles. The zero-order valence-corrected chi connectivity index (χ0v) is 16.5. The number of rotatable bonds is 9. The molecule has 0 fully saturated rings. The summed E-state index contributed by atoms with van der Waals surface area (Å²) in [5, 5.41) is 24.5. The van der Waals surface area contributed by atoms with Crippen LogP contribution in [-0.4, -0.2) is 36.4 Å². The first-order valence-electron chi connectivity index (χ1n) is 8.86. The highest BCUT2D eigenvalue weighted by Gasteiger charge is 2.19. The Morgan fingerprint density at radius 2 is 2.03 bits per heavy atom. The average molecular weight is 401 g/mol. The van der Waals surface area contributed by atoms with Gasteiger partial charge in [0.1, 0.15) is 5.75 Å². The highest BCUT2D eigenvalue weighted by atomic mass is 16.6. The van der Waals surface area contributed by atoms with E-state index in [1.54, 1.807) is 7.11 Å². The number of phenolic OH excluding ortho intramolecular Hbond substituents is 1. The minimum atomic E-state index is -0.727. The van der Waals surface area contributed by atoms with Crippen molar-refractivity contribution in [1.82, 2.24) is 5.43 Å². The van der Waals surface area contributed by atoms with E-state index < -0.39 is 16.4 Å². The van der Waals surface area contributed by atoms with Gasteiger partial charge in [0.2, 0.25) is 11.7 Å². The highest BCUT2D eigenvalue weighted by molar-refractivity contribution is 5.84. The van der Waals surface area contributed by atoms with Gasteiger partial charge in [0, 0.05) is 18.1 Å². The van der Waals surface area contributed by atoms with Gasteiger partial charge >= 0.3 is 5.69 Å². The number of hydrogen-bond acceptors (Lipinski definition) is 7. The molecule has 0 spiro atoms. The van der Waals surface area contributed by atoms with E-state index in [-0.39, 0.29) is 18.1 Å². The number of nitro benzene ring substituents is 1. The molecular weight excluding hydrogens is 378 g/mol. The molecular formula is C20H23N3O6. The molecule has 0 radical (unpaired) electrons. The minimum Gasteiger partial charge on any atom is -0.500 e.